The summed E-state index contributed by atoms with van der Waals surface area (Å²) in [7, 11) is 0. The zero-order chi connectivity index (χ0) is 15.7. The molecule has 1 aliphatic heterocycles. The van der Waals surface area contributed by atoms with E-state index in [1.54, 1.807) is 0 Å². The number of rotatable bonds is 3. The highest BCUT2D eigenvalue weighted by Crippen LogP contribution is 2.22. The molecule has 3 heterocycles. The Morgan fingerprint density at radius 2 is 2.23 bits per heavy atom. The Labute approximate surface area is 130 Å². The van der Waals surface area contributed by atoms with Crippen LogP contribution in [0, 0.1) is 20.8 Å². The molecule has 0 spiro atoms. The van der Waals surface area contributed by atoms with E-state index >= 15 is 0 Å². The number of likely N-dealkylation sites (tertiary alicyclic amines) is 1. The largest absolute Gasteiger partial charge is 0.340 e. The van der Waals surface area contributed by atoms with Gasteiger partial charge in [0.25, 0.3) is 0 Å². The molecule has 6 nitrogen and oxygen atoms in total. The number of nitrogens with one attached hydrogen (secondary N) is 1. The Morgan fingerprint density at radius 1 is 1.41 bits per heavy atom. The number of piperidine rings is 1. The van der Waals surface area contributed by atoms with Crippen molar-refractivity contribution < 1.29 is 4.79 Å². The SMILES string of the molecule is Cc1cnn(C2CCCN(C(=O)Cc3c(C)n[nH]c3C)C2)c1. The summed E-state index contributed by atoms with van der Waals surface area (Å²) in [4.78, 5) is 14.6. The van der Waals surface area contributed by atoms with Gasteiger partial charge in [-0.15, -0.1) is 0 Å². The van der Waals surface area contributed by atoms with Crippen molar-refractivity contribution in [1.82, 2.24) is 24.9 Å². The molecule has 1 N–H and O–H groups in total. The van der Waals surface area contributed by atoms with Crippen LogP contribution in [0.5, 0.6) is 0 Å². The fourth-order valence-corrected chi connectivity index (χ4v) is 3.13. The standard InChI is InChI=1S/C16H23N5O/c1-11-8-17-21(9-11)14-5-4-6-20(10-14)16(22)7-15-12(2)18-19-13(15)3/h8-9,14H,4-7,10H2,1-3H3,(H,18,19). The molecule has 0 aliphatic carbocycles. The van der Waals surface area contributed by atoms with Gasteiger partial charge in [0.2, 0.25) is 5.91 Å². The lowest BCUT2D eigenvalue weighted by molar-refractivity contribution is -0.132. The number of aryl methyl sites for hydroxylation is 3. The van der Waals surface area contributed by atoms with Crippen molar-refractivity contribution in [3.8, 4) is 0 Å². The van der Waals surface area contributed by atoms with E-state index in [1.807, 2.05) is 36.5 Å². The van der Waals surface area contributed by atoms with Crippen LogP contribution in [-0.2, 0) is 11.2 Å². The molecule has 0 saturated carbocycles. The van der Waals surface area contributed by atoms with Crippen molar-refractivity contribution in [1.29, 1.82) is 0 Å². The zero-order valence-electron chi connectivity index (χ0n) is 13.5. The Morgan fingerprint density at radius 3 is 2.86 bits per heavy atom. The third-order valence-corrected chi connectivity index (χ3v) is 4.46. The Hall–Kier alpha value is -2.11. The van der Waals surface area contributed by atoms with Gasteiger partial charge in [-0.1, -0.05) is 0 Å². The minimum Gasteiger partial charge on any atom is -0.340 e. The average molecular weight is 301 g/mol. The van der Waals surface area contributed by atoms with E-state index in [2.05, 4.69) is 21.5 Å². The molecule has 1 unspecified atom stereocenters. The van der Waals surface area contributed by atoms with Gasteiger partial charge in [0.05, 0.1) is 24.4 Å². The lowest BCUT2D eigenvalue weighted by Gasteiger charge is -2.33. The van der Waals surface area contributed by atoms with E-state index < -0.39 is 0 Å². The molecule has 1 fully saturated rings. The van der Waals surface area contributed by atoms with E-state index in [9.17, 15) is 4.79 Å². The molecule has 118 valence electrons. The summed E-state index contributed by atoms with van der Waals surface area (Å²) in [6.07, 6.45) is 6.47. The van der Waals surface area contributed by atoms with Gasteiger partial charge in [-0.2, -0.15) is 10.2 Å². The van der Waals surface area contributed by atoms with E-state index in [4.69, 9.17) is 0 Å². The molecule has 6 heteroatoms. The van der Waals surface area contributed by atoms with Crippen LogP contribution < -0.4 is 0 Å². The summed E-state index contributed by atoms with van der Waals surface area (Å²) < 4.78 is 2.00. The minimum atomic E-state index is 0.182. The Kier molecular flexibility index (Phi) is 4.00. The quantitative estimate of drug-likeness (QED) is 0.942. The van der Waals surface area contributed by atoms with Crippen LogP contribution >= 0.6 is 0 Å². The molecule has 3 rings (SSSR count). The molecule has 0 aromatic carbocycles. The zero-order valence-corrected chi connectivity index (χ0v) is 13.5. The van der Waals surface area contributed by atoms with Crippen LogP contribution in [0.3, 0.4) is 0 Å². The molecule has 1 atom stereocenters. The first-order chi connectivity index (χ1) is 10.5. The molecule has 1 saturated heterocycles. The number of H-pyrrole nitrogens is 1. The van der Waals surface area contributed by atoms with E-state index in [0.717, 1.165) is 48.4 Å². The van der Waals surface area contributed by atoms with Crippen molar-refractivity contribution in [2.75, 3.05) is 13.1 Å². The number of nitrogens with zero attached hydrogens (tertiary/aromatic N) is 4. The first-order valence-electron chi connectivity index (χ1n) is 7.83. The third kappa shape index (κ3) is 2.91. The highest BCUT2D eigenvalue weighted by Gasteiger charge is 2.26. The van der Waals surface area contributed by atoms with Gasteiger partial charge in [-0.3, -0.25) is 14.6 Å². The predicted octanol–water partition coefficient (Wildman–Crippen LogP) is 1.94. The lowest BCUT2D eigenvalue weighted by atomic mass is 10.0. The fourth-order valence-electron chi connectivity index (χ4n) is 3.13. The molecule has 2 aromatic rings. The summed E-state index contributed by atoms with van der Waals surface area (Å²) in [5.74, 6) is 0.182. The molecule has 0 bridgehead atoms. The maximum Gasteiger partial charge on any atom is 0.227 e. The van der Waals surface area contributed by atoms with Crippen molar-refractivity contribution in [2.24, 2.45) is 0 Å². The van der Waals surface area contributed by atoms with Gasteiger partial charge in [-0.25, -0.2) is 0 Å². The Bertz CT molecular complexity index is 652. The van der Waals surface area contributed by atoms with Gasteiger partial charge in [0, 0.05) is 30.5 Å². The second-order valence-electron chi connectivity index (χ2n) is 6.22. The highest BCUT2D eigenvalue weighted by atomic mass is 16.2. The van der Waals surface area contributed by atoms with Crippen molar-refractivity contribution >= 4 is 5.91 Å². The highest BCUT2D eigenvalue weighted by molar-refractivity contribution is 5.79. The first-order valence-corrected chi connectivity index (χ1v) is 7.83. The predicted molar refractivity (Wildman–Crippen MR) is 83.6 cm³/mol. The van der Waals surface area contributed by atoms with Crippen LogP contribution in [-0.4, -0.2) is 43.9 Å². The molecular weight excluding hydrogens is 278 g/mol. The van der Waals surface area contributed by atoms with Crippen LogP contribution in [0.15, 0.2) is 12.4 Å². The fraction of sp³-hybridized carbons (Fsp3) is 0.562. The number of carbonyl (C=O) groups excluding carboxylic acids is 1. The maximum absolute atomic E-state index is 12.6. The molecule has 1 amide bonds. The summed E-state index contributed by atoms with van der Waals surface area (Å²) in [5, 5.41) is 11.5. The number of aromatic amines is 1. The van der Waals surface area contributed by atoms with Crippen LogP contribution in [0.4, 0.5) is 0 Å². The monoisotopic (exact) mass is 301 g/mol. The minimum absolute atomic E-state index is 0.182. The van der Waals surface area contributed by atoms with E-state index in [0.29, 0.717) is 6.42 Å². The van der Waals surface area contributed by atoms with Crippen LogP contribution in [0.1, 0.15) is 41.4 Å². The second-order valence-corrected chi connectivity index (χ2v) is 6.22. The van der Waals surface area contributed by atoms with Gasteiger partial charge in [0.1, 0.15) is 0 Å². The number of aromatic nitrogens is 4. The topological polar surface area (TPSA) is 66.8 Å². The van der Waals surface area contributed by atoms with Gasteiger partial charge in [0.15, 0.2) is 0 Å². The third-order valence-electron chi connectivity index (χ3n) is 4.46. The Balaban J connectivity index is 1.68. The smallest absolute Gasteiger partial charge is 0.227 e. The van der Waals surface area contributed by atoms with Crippen molar-refractivity contribution in [2.45, 2.75) is 46.1 Å². The normalized spacial score (nSPS) is 18.7. The van der Waals surface area contributed by atoms with Gasteiger partial charge >= 0.3 is 0 Å². The summed E-state index contributed by atoms with van der Waals surface area (Å²) in [6.45, 7) is 7.53. The van der Waals surface area contributed by atoms with Crippen LogP contribution in [0.25, 0.3) is 0 Å². The van der Waals surface area contributed by atoms with Gasteiger partial charge < -0.3 is 4.90 Å². The summed E-state index contributed by atoms with van der Waals surface area (Å²) in [5.41, 5.74) is 4.10. The average Bonchev–Trinajstić information content (AvgIpc) is 3.08. The second kappa shape index (κ2) is 5.94. The van der Waals surface area contributed by atoms with E-state index in [-0.39, 0.29) is 11.9 Å². The summed E-state index contributed by atoms with van der Waals surface area (Å²) in [6, 6.07) is 0.290. The molecule has 0 radical (unpaired) electrons. The first kappa shape index (κ1) is 14.8. The number of hydrogen-bond donors (Lipinski definition) is 1. The summed E-state index contributed by atoms with van der Waals surface area (Å²) >= 11 is 0. The number of carbonyl (C=O) groups is 1. The van der Waals surface area contributed by atoms with Crippen LogP contribution in [0.2, 0.25) is 0 Å². The molecule has 1 aliphatic rings. The number of hydrogen-bond acceptors (Lipinski definition) is 3. The molecular formula is C16H23N5O. The molecule has 22 heavy (non-hydrogen) atoms. The van der Waals surface area contributed by atoms with Gasteiger partial charge in [-0.05, 0) is 39.2 Å². The lowest BCUT2D eigenvalue weighted by Crippen LogP contribution is -2.41. The number of amides is 1. The maximum atomic E-state index is 12.6. The van der Waals surface area contributed by atoms with Crippen molar-refractivity contribution in [3.63, 3.8) is 0 Å². The van der Waals surface area contributed by atoms with E-state index in [1.165, 1.54) is 0 Å². The van der Waals surface area contributed by atoms with Crippen molar-refractivity contribution in [3.05, 3.63) is 34.9 Å². The molecule has 2 aromatic heterocycles.